The first-order valence-corrected chi connectivity index (χ1v) is 9.98. The van der Waals surface area contributed by atoms with Crippen molar-refractivity contribution >= 4 is 47.0 Å². The number of pyridine rings is 1. The van der Waals surface area contributed by atoms with E-state index in [2.05, 4.69) is 26.9 Å². The molecule has 0 bridgehead atoms. The average molecular weight is 449 g/mol. The molecule has 2 unspecified atom stereocenters. The zero-order valence-corrected chi connectivity index (χ0v) is 16.9. The number of carbonyl (C=O) groups excluding carboxylic acids is 2. The van der Waals surface area contributed by atoms with E-state index in [9.17, 15) is 24.3 Å². The molecule has 0 saturated carbocycles. The van der Waals surface area contributed by atoms with Crippen LogP contribution in [-0.2, 0) is 24.0 Å². The number of nitrogens with zero attached hydrogens (tertiary/aromatic N) is 3. The minimum atomic E-state index is -1.29. The summed E-state index contributed by atoms with van der Waals surface area (Å²) < 4.78 is 0. The fraction of sp³-hybridized carbons (Fsp3) is 0.333. The van der Waals surface area contributed by atoms with Crippen LogP contribution in [0.15, 0.2) is 36.0 Å². The highest BCUT2D eigenvalue weighted by molar-refractivity contribution is 8.00. The number of β-lactam (4-membered cyclic amide) rings is 1. The van der Waals surface area contributed by atoms with E-state index in [0.717, 1.165) is 0 Å². The van der Waals surface area contributed by atoms with Crippen LogP contribution < -0.4 is 11.1 Å². The van der Waals surface area contributed by atoms with Crippen LogP contribution in [0.25, 0.3) is 0 Å². The smallest absolute Gasteiger partial charge is 0.344 e. The number of rotatable bonds is 8. The Balaban J connectivity index is 1.75. The summed E-state index contributed by atoms with van der Waals surface area (Å²) in [7, 11) is 0. The normalized spacial score (nSPS) is 25.1. The third-order valence-corrected chi connectivity index (χ3v) is 6.33. The fourth-order valence-corrected chi connectivity index (χ4v) is 4.62. The highest BCUT2D eigenvalue weighted by atomic mass is 32.2. The topological polar surface area (TPSA) is 185 Å². The molecule has 2 aliphatic heterocycles. The van der Waals surface area contributed by atoms with Gasteiger partial charge in [-0.2, -0.15) is 0 Å². The Morgan fingerprint density at radius 1 is 1.45 bits per heavy atom. The molecule has 3 atom stereocenters. The minimum Gasteiger partial charge on any atom is -0.481 e. The lowest BCUT2D eigenvalue weighted by atomic mass is 9.87. The van der Waals surface area contributed by atoms with E-state index in [1.807, 2.05) is 0 Å². The first kappa shape index (κ1) is 22.1. The molecule has 0 radical (unpaired) electrons. The largest absolute Gasteiger partial charge is 0.481 e. The number of aliphatic carboxylic acids is 2. The number of fused-ring (bicyclic) bond motifs is 1. The molecular formula is C18H19N5O7S. The maximum atomic E-state index is 12.8. The number of anilines is 1. The van der Waals surface area contributed by atoms with Crippen LogP contribution in [0, 0.1) is 5.41 Å². The van der Waals surface area contributed by atoms with E-state index in [4.69, 9.17) is 10.8 Å². The Kier molecular flexibility index (Phi) is 6.15. The quantitative estimate of drug-likeness (QED) is 0.168. The van der Waals surface area contributed by atoms with Crippen molar-refractivity contribution in [2.24, 2.45) is 10.6 Å². The van der Waals surface area contributed by atoms with Crippen molar-refractivity contribution in [3.8, 4) is 0 Å². The monoisotopic (exact) mass is 449 g/mol. The molecule has 1 aromatic heterocycles. The summed E-state index contributed by atoms with van der Waals surface area (Å²) in [6, 6.07) is 3.51. The molecular weight excluding hydrogens is 430 g/mol. The molecule has 5 N–H and O–H groups in total. The van der Waals surface area contributed by atoms with Crippen molar-refractivity contribution in [1.82, 2.24) is 15.2 Å². The Hall–Kier alpha value is -3.61. The fourth-order valence-electron chi connectivity index (χ4n) is 3.08. The molecule has 3 heterocycles. The zero-order chi connectivity index (χ0) is 22.8. The van der Waals surface area contributed by atoms with Gasteiger partial charge in [-0.1, -0.05) is 17.3 Å². The van der Waals surface area contributed by atoms with Crippen LogP contribution in [0.5, 0.6) is 0 Å². The van der Waals surface area contributed by atoms with Gasteiger partial charge in [-0.3, -0.25) is 14.4 Å². The standard InChI is InChI=1S/C18H19N5O7S/c1-2-18(17(28)29)7-23-15(27)13(16(23)31-8-18)21-14(26)12(22-30-6-11(24)25)9-4-3-5-10(19)20-9/h2-5,13,16H,1,6-8H2,(H2,19,20)(H,21,26)(H,24,25)(H,28,29)/t13?,16-,18?/m1/s1. The lowest BCUT2D eigenvalue weighted by Crippen LogP contribution is -2.73. The van der Waals surface area contributed by atoms with Crippen LogP contribution in [0.4, 0.5) is 5.82 Å². The van der Waals surface area contributed by atoms with Gasteiger partial charge in [0.2, 0.25) is 12.5 Å². The number of aromatic nitrogens is 1. The number of carbonyl (C=O) groups is 4. The summed E-state index contributed by atoms with van der Waals surface area (Å²) in [6.07, 6.45) is 1.31. The average Bonchev–Trinajstić information content (AvgIpc) is 2.73. The SMILES string of the molecule is C=CC1(C(=O)O)CS[C@@H]2C(NC(=O)C(=NOCC(=O)O)c3cccc(N)n3)C(=O)N2C1. The second-order valence-corrected chi connectivity index (χ2v) is 7.94. The molecule has 2 amide bonds. The first-order chi connectivity index (χ1) is 14.7. The lowest BCUT2D eigenvalue weighted by molar-refractivity contribution is -0.156. The van der Waals surface area contributed by atoms with Gasteiger partial charge in [0.15, 0.2) is 5.71 Å². The summed E-state index contributed by atoms with van der Waals surface area (Å²) in [6.45, 7) is 2.74. The third kappa shape index (κ3) is 4.30. The summed E-state index contributed by atoms with van der Waals surface area (Å²) >= 11 is 1.21. The molecule has 1 aromatic rings. The Morgan fingerprint density at radius 2 is 2.19 bits per heavy atom. The van der Waals surface area contributed by atoms with E-state index in [-0.39, 0.29) is 29.5 Å². The maximum Gasteiger partial charge on any atom is 0.344 e. The number of carboxylic acid groups (broad SMARTS) is 2. The van der Waals surface area contributed by atoms with Crippen molar-refractivity contribution in [3.05, 3.63) is 36.5 Å². The van der Waals surface area contributed by atoms with Crippen molar-refractivity contribution in [3.63, 3.8) is 0 Å². The van der Waals surface area contributed by atoms with Crippen LogP contribution in [-0.4, -0.2) is 79.9 Å². The molecule has 164 valence electrons. The van der Waals surface area contributed by atoms with Crippen molar-refractivity contribution in [2.45, 2.75) is 11.4 Å². The number of hydrogen-bond acceptors (Lipinski definition) is 9. The van der Waals surface area contributed by atoms with Crippen LogP contribution in [0.2, 0.25) is 0 Å². The molecule has 2 saturated heterocycles. The number of nitrogens with one attached hydrogen (secondary N) is 1. The first-order valence-electron chi connectivity index (χ1n) is 8.93. The summed E-state index contributed by atoms with van der Waals surface area (Å²) in [5.74, 6) is -3.36. The van der Waals surface area contributed by atoms with E-state index in [0.29, 0.717) is 0 Å². The number of nitrogens with two attached hydrogens (primary N) is 1. The van der Waals surface area contributed by atoms with Gasteiger partial charge in [-0.25, -0.2) is 9.78 Å². The predicted molar refractivity (Wildman–Crippen MR) is 109 cm³/mol. The summed E-state index contributed by atoms with van der Waals surface area (Å²) in [5.41, 5.74) is 4.05. The van der Waals surface area contributed by atoms with Gasteiger partial charge in [-0.05, 0) is 12.1 Å². The van der Waals surface area contributed by atoms with Gasteiger partial charge < -0.3 is 31.0 Å². The number of oxime groups is 1. The number of carboxylic acids is 2. The highest BCUT2D eigenvalue weighted by Crippen LogP contribution is 2.42. The van der Waals surface area contributed by atoms with E-state index in [1.165, 1.54) is 40.9 Å². The second kappa shape index (κ2) is 8.63. The van der Waals surface area contributed by atoms with E-state index in [1.54, 1.807) is 0 Å². The summed E-state index contributed by atoms with van der Waals surface area (Å²) in [5, 5.41) is 23.8. The molecule has 3 rings (SSSR count). The van der Waals surface area contributed by atoms with Crippen LogP contribution in [0.3, 0.4) is 0 Å². The van der Waals surface area contributed by atoms with Gasteiger partial charge in [0.05, 0.1) is 0 Å². The predicted octanol–water partition coefficient (Wildman–Crippen LogP) is -0.874. The molecule has 2 aliphatic rings. The molecule has 0 aliphatic carbocycles. The van der Waals surface area contributed by atoms with Crippen LogP contribution in [0.1, 0.15) is 5.69 Å². The number of thioether (sulfide) groups is 1. The number of amides is 2. The van der Waals surface area contributed by atoms with E-state index >= 15 is 0 Å². The Bertz CT molecular complexity index is 984. The van der Waals surface area contributed by atoms with Gasteiger partial charge >= 0.3 is 11.9 Å². The van der Waals surface area contributed by atoms with Crippen molar-refractivity contribution in [2.75, 3.05) is 24.6 Å². The number of hydrogen-bond donors (Lipinski definition) is 4. The summed E-state index contributed by atoms with van der Waals surface area (Å²) in [4.78, 5) is 57.6. The van der Waals surface area contributed by atoms with Gasteiger partial charge in [-0.15, -0.1) is 18.3 Å². The Labute approximate surface area is 180 Å². The Morgan fingerprint density at radius 3 is 2.81 bits per heavy atom. The number of nitrogen functional groups attached to an aromatic ring is 1. The maximum absolute atomic E-state index is 12.8. The molecule has 12 nitrogen and oxygen atoms in total. The van der Waals surface area contributed by atoms with Crippen molar-refractivity contribution in [1.29, 1.82) is 0 Å². The van der Waals surface area contributed by atoms with E-state index < -0.39 is 47.2 Å². The third-order valence-electron chi connectivity index (χ3n) is 4.78. The molecule has 31 heavy (non-hydrogen) atoms. The zero-order valence-electron chi connectivity index (χ0n) is 16.1. The van der Waals surface area contributed by atoms with Gasteiger partial charge in [0.25, 0.3) is 5.91 Å². The van der Waals surface area contributed by atoms with Crippen molar-refractivity contribution < 1.29 is 34.2 Å². The molecule has 2 fully saturated rings. The van der Waals surface area contributed by atoms with Crippen LogP contribution >= 0.6 is 11.8 Å². The second-order valence-electron chi connectivity index (χ2n) is 6.84. The van der Waals surface area contributed by atoms with Gasteiger partial charge in [0.1, 0.15) is 28.3 Å². The van der Waals surface area contributed by atoms with Gasteiger partial charge in [0, 0.05) is 12.3 Å². The molecule has 13 heteroatoms. The molecule has 0 spiro atoms. The minimum absolute atomic E-state index is 0.0272. The highest BCUT2D eigenvalue weighted by Gasteiger charge is 2.56. The molecule has 0 aromatic carbocycles. The lowest BCUT2D eigenvalue weighted by Gasteiger charge is -2.53.